The summed E-state index contributed by atoms with van der Waals surface area (Å²) in [5, 5.41) is 22.9. The molecule has 0 spiro atoms. The maximum absolute atomic E-state index is 9.66. The predicted molar refractivity (Wildman–Crippen MR) is 76.3 cm³/mol. The largest absolute Gasteiger partial charge is 0.394 e. The molecule has 18 heavy (non-hydrogen) atoms. The summed E-state index contributed by atoms with van der Waals surface area (Å²) in [6.07, 6.45) is 4.46. The number of aromatic nitrogens is 2. The molecule has 0 radical (unpaired) electrons. The zero-order valence-corrected chi connectivity index (χ0v) is 12.6. The van der Waals surface area contributed by atoms with Crippen molar-refractivity contribution in [2.75, 3.05) is 13.2 Å². The Bertz CT molecular complexity index is 381. The van der Waals surface area contributed by atoms with Gasteiger partial charge in [0, 0.05) is 10.8 Å². The molecule has 1 aliphatic rings. The first-order chi connectivity index (χ1) is 8.67. The molecule has 1 saturated carbocycles. The number of nitrogens with one attached hydrogen (secondary N) is 1. The molecule has 0 aliphatic heterocycles. The van der Waals surface area contributed by atoms with Crippen LogP contribution in [0.5, 0.6) is 0 Å². The van der Waals surface area contributed by atoms with Crippen LogP contribution in [-0.2, 0) is 0 Å². The van der Waals surface area contributed by atoms with E-state index in [9.17, 15) is 5.11 Å². The molecule has 2 atom stereocenters. The van der Waals surface area contributed by atoms with Crippen molar-refractivity contribution >= 4 is 23.1 Å². The molecule has 0 aromatic carbocycles. The smallest absolute Gasteiger partial charge is 0.174 e. The molecule has 102 valence electrons. The number of aliphatic hydroxyl groups is 1. The molecular formula is C12H21N3OS2. The minimum Gasteiger partial charge on any atom is -0.394 e. The van der Waals surface area contributed by atoms with Crippen LogP contribution in [0.3, 0.4) is 0 Å². The molecule has 1 fully saturated rings. The summed E-state index contributed by atoms with van der Waals surface area (Å²) in [5.41, 5.74) is -0.0790. The average Bonchev–Trinajstić information content (AvgIpc) is 2.75. The summed E-state index contributed by atoms with van der Waals surface area (Å²) in [5.74, 6) is 0. The van der Waals surface area contributed by atoms with Gasteiger partial charge in [-0.3, -0.25) is 0 Å². The Labute approximate surface area is 117 Å². The zero-order valence-electron chi connectivity index (χ0n) is 11.0. The Kier molecular flexibility index (Phi) is 5.00. The summed E-state index contributed by atoms with van der Waals surface area (Å²) < 4.78 is 1.06. The molecule has 4 nitrogen and oxygen atoms in total. The first-order valence-corrected chi connectivity index (χ1v) is 8.20. The molecule has 0 bridgehead atoms. The fourth-order valence-electron chi connectivity index (χ4n) is 2.61. The Morgan fingerprint density at radius 1 is 1.56 bits per heavy atom. The summed E-state index contributed by atoms with van der Waals surface area (Å²) in [6, 6.07) is 0. The monoisotopic (exact) mass is 287 g/mol. The minimum absolute atomic E-state index is 0.0790. The van der Waals surface area contributed by atoms with Gasteiger partial charge in [0.05, 0.1) is 6.61 Å². The van der Waals surface area contributed by atoms with Crippen LogP contribution in [0.4, 0.5) is 0 Å². The van der Waals surface area contributed by atoms with Crippen LogP contribution in [0.15, 0.2) is 4.34 Å². The van der Waals surface area contributed by atoms with Gasteiger partial charge in [-0.25, -0.2) is 0 Å². The first kappa shape index (κ1) is 14.2. The third-order valence-electron chi connectivity index (χ3n) is 3.43. The van der Waals surface area contributed by atoms with E-state index in [-0.39, 0.29) is 12.1 Å². The number of hydrogen-bond donors (Lipinski definition) is 2. The van der Waals surface area contributed by atoms with E-state index in [0.29, 0.717) is 5.25 Å². The SMILES string of the molecule is CCNC1(CO)CCCC(Sc2nnc(C)s2)C1. The molecule has 1 aliphatic carbocycles. The van der Waals surface area contributed by atoms with Crippen molar-refractivity contribution < 1.29 is 5.11 Å². The van der Waals surface area contributed by atoms with Crippen LogP contribution in [0.25, 0.3) is 0 Å². The standard InChI is InChI=1S/C12H21N3OS2/c1-3-13-12(8-16)6-4-5-10(7-12)18-11-15-14-9(2)17-11/h10,13,16H,3-8H2,1-2H3. The lowest BCUT2D eigenvalue weighted by molar-refractivity contribution is 0.125. The molecule has 2 unspecified atom stereocenters. The molecule has 1 aromatic rings. The lowest BCUT2D eigenvalue weighted by Crippen LogP contribution is -2.52. The van der Waals surface area contributed by atoms with Gasteiger partial charge in [0.25, 0.3) is 0 Å². The van der Waals surface area contributed by atoms with Gasteiger partial charge in [-0.2, -0.15) is 0 Å². The van der Waals surface area contributed by atoms with Crippen LogP contribution in [0.2, 0.25) is 0 Å². The molecule has 0 saturated heterocycles. The quantitative estimate of drug-likeness (QED) is 0.869. The van der Waals surface area contributed by atoms with Gasteiger partial charge >= 0.3 is 0 Å². The van der Waals surface area contributed by atoms with Crippen molar-refractivity contribution in [2.45, 2.75) is 54.7 Å². The molecule has 2 rings (SSSR count). The Morgan fingerprint density at radius 3 is 3.00 bits per heavy atom. The van der Waals surface area contributed by atoms with Crippen molar-refractivity contribution in [3.63, 3.8) is 0 Å². The van der Waals surface area contributed by atoms with E-state index in [0.717, 1.165) is 28.7 Å². The van der Waals surface area contributed by atoms with Crippen LogP contribution in [0, 0.1) is 6.92 Å². The summed E-state index contributed by atoms with van der Waals surface area (Å²) in [7, 11) is 0. The van der Waals surface area contributed by atoms with E-state index < -0.39 is 0 Å². The first-order valence-electron chi connectivity index (χ1n) is 6.50. The summed E-state index contributed by atoms with van der Waals surface area (Å²) in [6.45, 7) is 5.23. The lowest BCUT2D eigenvalue weighted by Gasteiger charge is -2.39. The maximum Gasteiger partial charge on any atom is 0.174 e. The average molecular weight is 287 g/mol. The van der Waals surface area contributed by atoms with Crippen LogP contribution < -0.4 is 5.32 Å². The number of hydrogen-bond acceptors (Lipinski definition) is 6. The van der Waals surface area contributed by atoms with Gasteiger partial charge in [0.15, 0.2) is 4.34 Å². The van der Waals surface area contributed by atoms with Crippen molar-refractivity contribution in [1.29, 1.82) is 0 Å². The Morgan fingerprint density at radius 2 is 2.39 bits per heavy atom. The predicted octanol–water partition coefficient (Wildman–Crippen LogP) is 2.22. The highest BCUT2D eigenvalue weighted by molar-refractivity contribution is 8.01. The van der Waals surface area contributed by atoms with E-state index in [1.54, 1.807) is 11.3 Å². The molecule has 6 heteroatoms. The summed E-state index contributed by atoms with van der Waals surface area (Å²) in [4.78, 5) is 0. The van der Waals surface area contributed by atoms with Crippen LogP contribution >= 0.6 is 23.1 Å². The topological polar surface area (TPSA) is 58.0 Å². The molecule has 0 amide bonds. The van der Waals surface area contributed by atoms with E-state index in [1.807, 2.05) is 18.7 Å². The second-order valence-corrected chi connectivity index (χ2v) is 7.62. The number of thioether (sulfide) groups is 1. The van der Waals surface area contributed by atoms with E-state index >= 15 is 0 Å². The highest BCUT2D eigenvalue weighted by atomic mass is 32.2. The molecule has 1 aromatic heterocycles. The Balaban J connectivity index is 1.97. The highest BCUT2D eigenvalue weighted by Crippen LogP contribution is 2.38. The summed E-state index contributed by atoms with van der Waals surface area (Å²) >= 11 is 3.48. The third-order valence-corrected chi connectivity index (χ3v) is 5.62. The van der Waals surface area contributed by atoms with Crippen LogP contribution in [-0.4, -0.2) is 39.2 Å². The lowest BCUT2D eigenvalue weighted by atomic mass is 9.82. The molecule has 2 N–H and O–H groups in total. The van der Waals surface area contributed by atoms with E-state index in [1.165, 1.54) is 12.8 Å². The fraction of sp³-hybridized carbons (Fsp3) is 0.833. The Hall–Kier alpha value is -0.170. The number of aryl methyl sites for hydroxylation is 1. The van der Waals surface area contributed by atoms with Crippen molar-refractivity contribution in [2.24, 2.45) is 0 Å². The normalized spacial score (nSPS) is 28.5. The van der Waals surface area contributed by atoms with E-state index in [4.69, 9.17) is 0 Å². The second kappa shape index (κ2) is 6.32. The fourth-order valence-corrected chi connectivity index (χ4v) is 5.05. The third kappa shape index (κ3) is 3.44. The van der Waals surface area contributed by atoms with Crippen LogP contribution in [0.1, 0.15) is 37.6 Å². The molecule has 1 heterocycles. The number of rotatable bonds is 5. The zero-order chi connectivity index (χ0) is 13.0. The van der Waals surface area contributed by atoms with Crippen molar-refractivity contribution in [3.05, 3.63) is 5.01 Å². The minimum atomic E-state index is -0.0790. The van der Waals surface area contributed by atoms with Gasteiger partial charge in [-0.05, 0) is 32.7 Å². The van der Waals surface area contributed by atoms with Gasteiger partial charge < -0.3 is 10.4 Å². The number of nitrogens with zero attached hydrogens (tertiary/aromatic N) is 2. The second-order valence-electron chi connectivity index (χ2n) is 4.89. The van der Waals surface area contributed by atoms with Crippen molar-refractivity contribution in [3.8, 4) is 0 Å². The maximum atomic E-state index is 9.66. The van der Waals surface area contributed by atoms with Gasteiger partial charge in [0.2, 0.25) is 0 Å². The number of likely N-dealkylation sites (N-methyl/N-ethyl adjacent to an activating group) is 1. The van der Waals surface area contributed by atoms with Gasteiger partial charge in [0.1, 0.15) is 5.01 Å². The number of aliphatic hydroxyl groups excluding tert-OH is 1. The van der Waals surface area contributed by atoms with E-state index in [2.05, 4.69) is 22.4 Å². The molecular weight excluding hydrogens is 266 g/mol. The van der Waals surface area contributed by atoms with Gasteiger partial charge in [-0.15, -0.1) is 10.2 Å². The van der Waals surface area contributed by atoms with Gasteiger partial charge in [-0.1, -0.05) is 36.4 Å². The highest BCUT2D eigenvalue weighted by Gasteiger charge is 2.35. The van der Waals surface area contributed by atoms with Crippen molar-refractivity contribution in [1.82, 2.24) is 15.5 Å².